The van der Waals surface area contributed by atoms with Gasteiger partial charge in [-0.05, 0) is 69.7 Å². The molecule has 26 heteroatoms. The molecule has 12 atom stereocenters. The number of benzene rings is 2. The molecule has 2 aromatic carbocycles. The minimum Gasteiger partial charge on any atom is -0.505 e. The molecule has 8 amide bonds. The lowest BCUT2D eigenvalue weighted by atomic mass is 10.1. The van der Waals surface area contributed by atoms with Crippen LogP contribution in [0.1, 0.15) is 68.4 Å². The number of carbonyl (C=O) groups excluding carboxylic acids is 10. The molecule has 418 valence electrons. The van der Waals surface area contributed by atoms with Gasteiger partial charge in [0.2, 0.25) is 35.4 Å². The number of aromatic hydroxyl groups is 2. The number of hydrogen-bond acceptors (Lipinski definition) is 18. The molecule has 79 heavy (non-hydrogen) atoms. The van der Waals surface area contributed by atoms with Crippen molar-refractivity contribution in [3.8, 4) is 11.5 Å². The van der Waals surface area contributed by atoms with Gasteiger partial charge in [-0.3, -0.25) is 38.4 Å². The largest absolute Gasteiger partial charge is 0.505 e. The molecule has 6 heterocycles. The fourth-order valence-electron chi connectivity index (χ4n) is 10.7. The second kappa shape index (κ2) is 21.5. The summed E-state index contributed by atoms with van der Waals surface area (Å²) in [5, 5.41) is 32.1. The van der Waals surface area contributed by atoms with Crippen molar-refractivity contribution in [1.29, 1.82) is 0 Å². The Bertz CT molecular complexity index is 3240. The molecule has 2 aromatic heterocycles. The molecule has 2 aliphatic carbocycles. The topological polar surface area (TPSA) is 316 Å². The number of ether oxygens (including phenoxy) is 2. The van der Waals surface area contributed by atoms with Gasteiger partial charge in [0, 0.05) is 37.7 Å². The van der Waals surface area contributed by atoms with Gasteiger partial charge in [0.05, 0.1) is 21.0 Å². The average molecular weight is 1130 g/mol. The Morgan fingerprint density at radius 2 is 1.09 bits per heavy atom. The number of fused-ring (bicyclic) bond motifs is 11. The van der Waals surface area contributed by atoms with Crippen LogP contribution in [-0.2, 0) is 47.8 Å². The molecule has 4 aliphatic heterocycles. The van der Waals surface area contributed by atoms with E-state index in [-0.39, 0.29) is 18.6 Å². The highest BCUT2D eigenvalue weighted by Crippen LogP contribution is 2.55. The van der Waals surface area contributed by atoms with Crippen LogP contribution in [0.15, 0.2) is 60.7 Å². The van der Waals surface area contributed by atoms with Gasteiger partial charge in [0.25, 0.3) is 11.8 Å². The molecule has 4 bridgehead atoms. The quantitative estimate of drug-likeness (QED) is 0.154. The van der Waals surface area contributed by atoms with E-state index in [1.165, 1.54) is 63.8 Å². The molecule has 6 aliphatic rings. The molecule has 6 N–H and O–H groups in total. The van der Waals surface area contributed by atoms with E-state index in [1.807, 2.05) is 0 Å². The molecular weight excluding hydrogens is 1060 g/mol. The zero-order valence-electron chi connectivity index (χ0n) is 44.4. The van der Waals surface area contributed by atoms with Gasteiger partial charge in [-0.1, -0.05) is 50.2 Å². The molecule has 4 aromatic rings. The third kappa shape index (κ3) is 10.2. The van der Waals surface area contributed by atoms with E-state index >= 15 is 9.59 Å². The van der Waals surface area contributed by atoms with E-state index in [9.17, 15) is 48.6 Å². The smallest absolute Gasteiger partial charge is 0.332 e. The van der Waals surface area contributed by atoms with Crippen molar-refractivity contribution in [2.45, 2.75) is 105 Å². The number of thioether (sulfide) groups is 2. The molecule has 7 unspecified atom stereocenters. The summed E-state index contributed by atoms with van der Waals surface area (Å²) in [7, 11) is 4.01. The van der Waals surface area contributed by atoms with E-state index < -0.39 is 164 Å². The fraction of sp³-hybridized carbons (Fsp3) is 0.472. The third-order valence-corrected chi connectivity index (χ3v) is 18.6. The van der Waals surface area contributed by atoms with Crippen molar-refractivity contribution in [3.63, 3.8) is 0 Å². The maximum Gasteiger partial charge on any atom is 0.332 e. The van der Waals surface area contributed by atoms with Crippen LogP contribution in [0.25, 0.3) is 21.8 Å². The first-order valence-corrected chi connectivity index (χ1v) is 27.6. The van der Waals surface area contributed by atoms with E-state index in [0.717, 1.165) is 26.5 Å². The summed E-state index contributed by atoms with van der Waals surface area (Å²) in [6, 6.07) is 6.74. The number of para-hydroxylation sites is 2. The van der Waals surface area contributed by atoms with Crippen molar-refractivity contribution in [2.75, 3.05) is 40.1 Å². The number of nitrogens with zero attached hydrogens (tertiary/aromatic N) is 6. The van der Waals surface area contributed by atoms with Crippen LogP contribution in [0.4, 0.5) is 0 Å². The fourth-order valence-corrected chi connectivity index (χ4v) is 14.2. The van der Waals surface area contributed by atoms with Crippen LogP contribution in [0.2, 0.25) is 0 Å². The number of pyridine rings is 2. The molecule has 0 radical (unpaired) electrons. The zero-order chi connectivity index (χ0) is 57.2. The second-order valence-corrected chi connectivity index (χ2v) is 23.7. The summed E-state index contributed by atoms with van der Waals surface area (Å²) in [5.41, 5.74) is -3.55. The monoisotopic (exact) mass is 1120 g/mol. The zero-order valence-corrected chi connectivity index (χ0v) is 46.0. The highest BCUT2D eigenvalue weighted by molar-refractivity contribution is 8.17. The first kappa shape index (κ1) is 56.0. The highest BCUT2D eigenvalue weighted by atomic mass is 32.2. The van der Waals surface area contributed by atoms with Crippen molar-refractivity contribution >= 4 is 105 Å². The minimum absolute atomic E-state index is 0.0788. The van der Waals surface area contributed by atoms with E-state index in [0.29, 0.717) is 21.8 Å². The molecule has 10 rings (SSSR count). The number of likely N-dealkylation sites (N-methyl/N-ethyl adjacent to an activating group) is 3. The van der Waals surface area contributed by atoms with Gasteiger partial charge >= 0.3 is 11.9 Å². The summed E-state index contributed by atoms with van der Waals surface area (Å²) in [6.45, 7) is 6.09. The number of nitrogens with one attached hydrogen (secondary N) is 4. The average Bonchev–Trinajstić information content (AvgIpc) is 3.61. The number of esters is 2. The number of rotatable bonds is 4. The summed E-state index contributed by atoms with van der Waals surface area (Å²) < 4.78 is 10.8. The molecule has 6 fully saturated rings. The summed E-state index contributed by atoms with van der Waals surface area (Å²) in [4.78, 5) is 159. The van der Waals surface area contributed by atoms with Crippen LogP contribution >= 0.6 is 23.5 Å². The standard InChI is InChI=1S/C53H60N10O14S2/c1-24-19-52(24)50(74)76-21-33(58-43(68)38-36(64)17-29-13-9-11-15-31(29)56-38)42(67)55-27(4)46(71)61(7)40-48(73)63-28(5)79-49(40)78-23-35(47(72)62(52)8)60(6)45(70)26(3)54-41(66)34(22-77-51(75)53(63)20-25(53)2)59-44(69)39-37(65)18-30-14-10-12-16-32(30)57-39/h9-18,24-28,33-35,40,49,64-65H,19-23H2,1-8H3,(H,54,66)(H,55,67)(H,58,68)(H,59,69)/t24?,25?,26-,27-,28?,33-,34-,35-,40?,49?,52?,53?/m0/s1. The molecular formula is C53H60N10O14S2. The number of amides is 8. The van der Waals surface area contributed by atoms with Crippen LogP contribution < -0.4 is 21.3 Å². The van der Waals surface area contributed by atoms with Crippen molar-refractivity contribution in [1.82, 2.24) is 50.8 Å². The molecule has 4 saturated heterocycles. The minimum atomic E-state index is -1.73. The molecule has 2 saturated carbocycles. The maximum absolute atomic E-state index is 15.5. The Kier molecular flexibility index (Phi) is 15.2. The Morgan fingerprint density at radius 3 is 1.56 bits per heavy atom. The van der Waals surface area contributed by atoms with Crippen molar-refractivity contribution in [3.05, 3.63) is 72.1 Å². The van der Waals surface area contributed by atoms with Gasteiger partial charge in [-0.15, -0.1) is 23.5 Å². The number of hydrogen-bond donors (Lipinski definition) is 6. The van der Waals surface area contributed by atoms with Crippen molar-refractivity contribution in [2.24, 2.45) is 11.8 Å². The Hall–Kier alpha value is -7.74. The SMILES string of the molecule is CC1SC2SC[C@H]3C(=O)N(C)C4(CC4C)C(=O)OC[C@H](NC(=O)c4nc5ccccc5cc4O)C(=O)N[C@@H](C)C(=O)N(C)C2C(=O)N1C1(CC1C)C(=O)OC[C@H](NC(=O)c1nc2ccccc2cc1O)C(=O)N[C@@H](C)C(=O)N3C. The summed E-state index contributed by atoms with van der Waals surface area (Å²) in [5.74, 6) is -11.5. The van der Waals surface area contributed by atoms with Gasteiger partial charge in [0.15, 0.2) is 11.4 Å². The lowest BCUT2D eigenvalue weighted by Gasteiger charge is -2.48. The number of cyclic esters (lactones) is 1. The normalized spacial score (nSPS) is 31.2. The van der Waals surface area contributed by atoms with E-state index in [2.05, 4.69) is 31.2 Å². The predicted octanol–water partition coefficient (Wildman–Crippen LogP) is 0.865. The summed E-state index contributed by atoms with van der Waals surface area (Å²) in [6.07, 6.45) is 0.171. The van der Waals surface area contributed by atoms with Crippen LogP contribution in [0, 0.1) is 11.8 Å². The van der Waals surface area contributed by atoms with Crippen LogP contribution in [0.3, 0.4) is 0 Å². The van der Waals surface area contributed by atoms with Crippen LogP contribution in [0.5, 0.6) is 11.5 Å². The lowest BCUT2D eigenvalue weighted by molar-refractivity contribution is -0.163. The third-order valence-electron chi connectivity index (χ3n) is 15.6. The van der Waals surface area contributed by atoms with E-state index in [1.54, 1.807) is 69.3 Å². The first-order chi connectivity index (χ1) is 37.4. The van der Waals surface area contributed by atoms with Crippen molar-refractivity contribution < 1.29 is 67.6 Å². The Balaban J connectivity index is 1.09. The number of aromatic nitrogens is 2. The van der Waals surface area contributed by atoms with Gasteiger partial charge in [-0.25, -0.2) is 19.6 Å². The second-order valence-electron chi connectivity index (χ2n) is 20.8. The Labute approximate surface area is 461 Å². The first-order valence-electron chi connectivity index (χ1n) is 25.6. The van der Waals surface area contributed by atoms with E-state index in [4.69, 9.17) is 9.47 Å². The van der Waals surface area contributed by atoms with Gasteiger partial charge in [0.1, 0.15) is 72.0 Å². The Morgan fingerprint density at radius 1 is 0.646 bits per heavy atom. The molecule has 24 nitrogen and oxygen atoms in total. The maximum atomic E-state index is 15.5. The van der Waals surface area contributed by atoms with Gasteiger partial charge in [-0.2, -0.15) is 0 Å². The van der Waals surface area contributed by atoms with Crippen LogP contribution in [-0.4, -0.2) is 196 Å². The molecule has 2 spiro atoms. The van der Waals surface area contributed by atoms with Gasteiger partial charge < -0.3 is 60.6 Å². The summed E-state index contributed by atoms with van der Waals surface area (Å²) >= 11 is 2.26. The lowest BCUT2D eigenvalue weighted by Crippen LogP contribution is -2.66. The predicted molar refractivity (Wildman–Crippen MR) is 286 cm³/mol. The number of carbonyl (C=O) groups is 10. The highest BCUT2D eigenvalue weighted by Gasteiger charge is 2.68.